The molecule has 2 aliphatic rings. The smallest absolute Gasteiger partial charge is 0.269 e. The molecule has 0 saturated carbocycles. The van der Waals surface area contributed by atoms with Crippen molar-refractivity contribution in [1.82, 2.24) is 24.8 Å². The number of nitrogens with one attached hydrogen (secondary N) is 1. The van der Waals surface area contributed by atoms with Crippen molar-refractivity contribution in [3.63, 3.8) is 0 Å². The second kappa shape index (κ2) is 8.94. The number of nitrogens with zero attached hydrogens (tertiary/aromatic N) is 4. The van der Waals surface area contributed by atoms with Gasteiger partial charge in [0.1, 0.15) is 11.4 Å². The zero-order chi connectivity index (χ0) is 23.9. The van der Waals surface area contributed by atoms with Gasteiger partial charge in [0.15, 0.2) is 11.5 Å². The molecular formula is C24H28FN5O4. The highest BCUT2D eigenvalue weighted by Gasteiger charge is 2.43. The zero-order valence-electron chi connectivity index (χ0n) is 19.3. The van der Waals surface area contributed by atoms with E-state index >= 15 is 0 Å². The van der Waals surface area contributed by atoms with Crippen molar-refractivity contribution in [3.8, 4) is 11.5 Å². The number of benzene rings is 1. The molecule has 1 aromatic carbocycles. The molecule has 9 nitrogen and oxygen atoms in total. The van der Waals surface area contributed by atoms with Crippen molar-refractivity contribution >= 4 is 11.0 Å². The summed E-state index contributed by atoms with van der Waals surface area (Å²) in [6.45, 7) is 2.40. The highest BCUT2D eigenvalue weighted by molar-refractivity contribution is 5.81. The Kier molecular flexibility index (Phi) is 5.97. The molecule has 1 atom stereocenters. The maximum absolute atomic E-state index is 14.8. The molecule has 1 saturated heterocycles. The Bertz CT molecular complexity index is 1270. The lowest BCUT2D eigenvalue weighted by atomic mass is 9.93. The topological polar surface area (TPSA) is 102 Å². The van der Waals surface area contributed by atoms with Crippen molar-refractivity contribution in [1.29, 1.82) is 0 Å². The number of β-amino-alcohol motifs (C(OH)–C–C–N with tert-alkyl or cyclic N) is 1. The summed E-state index contributed by atoms with van der Waals surface area (Å²) < 4.78 is 26.8. The van der Waals surface area contributed by atoms with Gasteiger partial charge < -0.3 is 24.5 Å². The van der Waals surface area contributed by atoms with Crippen molar-refractivity contribution < 1.29 is 19.0 Å². The van der Waals surface area contributed by atoms with Gasteiger partial charge in [-0.2, -0.15) is 0 Å². The number of aromatic nitrogens is 3. The number of rotatable bonds is 7. The molecule has 1 unspecified atom stereocenters. The van der Waals surface area contributed by atoms with Crippen LogP contribution in [0.4, 0.5) is 4.39 Å². The second-order valence-electron chi connectivity index (χ2n) is 8.97. The molecule has 0 aliphatic carbocycles. The van der Waals surface area contributed by atoms with E-state index in [9.17, 15) is 14.3 Å². The molecule has 5 rings (SSSR count). The Hall–Kier alpha value is -3.08. The average Bonchev–Trinajstić information content (AvgIpc) is 3.17. The average molecular weight is 470 g/mol. The Morgan fingerprint density at radius 1 is 1.18 bits per heavy atom. The molecule has 0 radical (unpaired) electrons. The standard InChI is InChI=1S/C24H28FN5O4/c1-33-19-9-16(27-11-20(19)34-2)10-26-15-5-7-29(8-6-15)13-24(32)14-30-21(31)12-28-18-4-3-17(25)22(24)23(18)30/h3-4,9,11-12,15,26,32H,5-8,10,13-14H2,1-2H3. The highest BCUT2D eigenvalue weighted by Crippen LogP contribution is 2.38. The van der Waals surface area contributed by atoms with Crippen LogP contribution in [0.25, 0.3) is 11.0 Å². The third-order valence-electron chi connectivity index (χ3n) is 6.81. The first-order valence-corrected chi connectivity index (χ1v) is 11.4. The monoisotopic (exact) mass is 469 g/mol. The van der Waals surface area contributed by atoms with E-state index in [1.165, 1.54) is 16.8 Å². The van der Waals surface area contributed by atoms with Crippen LogP contribution in [0, 0.1) is 5.82 Å². The quantitative estimate of drug-likeness (QED) is 0.536. The van der Waals surface area contributed by atoms with E-state index in [0.717, 1.165) is 31.6 Å². The minimum Gasteiger partial charge on any atom is -0.493 e. The molecule has 2 aliphatic heterocycles. The second-order valence-corrected chi connectivity index (χ2v) is 8.97. The summed E-state index contributed by atoms with van der Waals surface area (Å²) >= 11 is 0. The molecule has 1 fully saturated rings. The summed E-state index contributed by atoms with van der Waals surface area (Å²) in [6.07, 6.45) is 4.63. The van der Waals surface area contributed by atoms with E-state index in [1.54, 1.807) is 26.5 Å². The number of pyridine rings is 1. The largest absolute Gasteiger partial charge is 0.493 e. The van der Waals surface area contributed by atoms with Gasteiger partial charge in [-0.05, 0) is 38.1 Å². The van der Waals surface area contributed by atoms with Gasteiger partial charge in [-0.15, -0.1) is 0 Å². The number of halogens is 1. The van der Waals surface area contributed by atoms with Crippen LogP contribution in [0.1, 0.15) is 24.1 Å². The van der Waals surface area contributed by atoms with Gasteiger partial charge in [-0.3, -0.25) is 14.7 Å². The fraction of sp³-hybridized carbons (Fsp3) is 0.458. The van der Waals surface area contributed by atoms with Crippen LogP contribution in [0.15, 0.2) is 35.4 Å². The van der Waals surface area contributed by atoms with Gasteiger partial charge >= 0.3 is 0 Å². The molecule has 0 bridgehead atoms. The molecule has 10 heteroatoms. The van der Waals surface area contributed by atoms with Crippen LogP contribution in [0.5, 0.6) is 11.5 Å². The summed E-state index contributed by atoms with van der Waals surface area (Å²) in [6, 6.07) is 5.02. The Morgan fingerprint density at radius 3 is 2.68 bits per heavy atom. The number of hydrogen-bond acceptors (Lipinski definition) is 8. The SMILES string of the molecule is COc1cnc(CNC2CCN(CC3(O)Cn4c(=O)cnc5ccc(F)c3c54)CC2)cc1OC. The van der Waals surface area contributed by atoms with E-state index in [2.05, 4.69) is 20.2 Å². The van der Waals surface area contributed by atoms with Crippen LogP contribution in [-0.4, -0.2) is 64.4 Å². The van der Waals surface area contributed by atoms with Crippen LogP contribution >= 0.6 is 0 Å². The molecular weight excluding hydrogens is 441 g/mol. The predicted octanol–water partition coefficient (Wildman–Crippen LogP) is 1.40. The molecule has 34 heavy (non-hydrogen) atoms. The third-order valence-corrected chi connectivity index (χ3v) is 6.81. The first-order chi connectivity index (χ1) is 16.4. The van der Waals surface area contributed by atoms with Gasteiger partial charge in [-0.1, -0.05) is 0 Å². The van der Waals surface area contributed by atoms with Crippen molar-refractivity contribution in [2.75, 3.05) is 33.9 Å². The lowest BCUT2D eigenvalue weighted by Gasteiger charge is -2.37. The fourth-order valence-electron chi connectivity index (χ4n) is 5.10. The predicted molar refractivity (Wildman–Crippen MR) is 124 cm³/mol. The molecule has 4 heterocycles. The minimum absolute atomic E-state index is 0.0320. The third kappa shape index (κ3) is 4.02. The lowest BCUT2D eigenvalue weighted by Crippen LogP contribution is -2.48. The summed E-state index contributed by atoms with van der Waals surface area (Å²) in [5.41, 5.74) is 0.146. The van der Waals surface area contributed by atoms with Crippen molar-refractivity contribution in [2.24, 2.45) is 0 Å². The van der Waals surface area contributed by atoms with Crippen LogP contribution in [0.3, 0.4) is 0 Å². The van der Waals surface area contributed by atoms with Crippen molar-refractivity contribution in [2.45, 2.75) is 37.6 Å². The number of likely N-dealkylation sites (tertiary alicyclic amines) is 1. The van der Waals surface area contributed by atoms with Crippen LogP contribution in [-0.2, 0) is 18.7 Å². The lowest BCUT2D eigenvalue weighted by molar-refractivity contribution is -0.0159. The van der Waals surface area contributed by atoms with E-state index in [0.29, 0.717) is 35.1 Å². The van der Waals surface area contributed by atoms with E-state index < -0.39 is 11.4 Å². The normalized spacial score (nSPS) is 20.7. The number of hydrogen-bond donors (Lipinski definition) is 2. The summed E-state index contributed by atoms with van der Waals surface area (Å²) in [5.74, 6) is 0.732. The summed E-state index contributed by atoms with van der Waals surface area (Å²) in [7, 11) is 3.18. The van der Waals surface area contributed by atoms with Gasteiger partial charge in [0.2, 0.25) is 0 Å². The minimum atomic E-state index is -1.47. The molecule has 3 aromatic rings. The van der Waals surface area contributed by atoms with Gasteiger partial charge in [0.25, 0.3) is 5.56 Å². The summed E-state index contributed by atoms with van der Waals surface area (Å²) in [5, 5.41) is 15.0. The Labute approximate surface area is 196 Å². The Balaban J connectivity index is 1.22. The van der Waals surface area contributed by atoms with E-state index in [1.807, 2.05) is 6.07 Å². The molecule has 2 N–H and O–H groups in total. The first-order valence-electron chi connectivity index (χ1n) is 11.4. The van der Waals surface area contributed by atoms with Crippen molar-refractivity contribution in [3.05, 3.63) is 58.0 Å². The number of aliphatic hydroxyl groups is 1. The zero-order valence-corrected chi connectivity index (χ0v) is 19.3. The summed E-state index contributed by atoms with van der Waals surface area (Å²) in [4.78, 5) is 23.0. The van der Waals surface area contributed by atoms with Gasteiger partial charge in [-0.25, -0.2) is 9.37 Å². The number of methoxy groups -OCH3 is 2. The van der Waals surface area contributed by atoms with E-state index in [-0.39, 0.29) is 24.2 Å². The van der Waals surface area contributed by atoms with Gasteiger partial charge in [0, 0.05) is 30.8 Å². The van der Waals surface area contributed by atoms with E-state index in [4.69, 9.17) is 9.47 Å². The Morgan fingerprint density at radius 2 is 1.94 bits per heavy atom. The molecule has 0 amide bonds. The number of piperidine rings is 1. The highest BCUT2D eigenvalue weighted by atomic mass is 19.1. The first kappa shape index (κ1) is 22.7. The maximum Gasteiger partial charge on any atom is 0.269 e. The maximum atomic E-state index is 14.8. The molecule has 2 aromatic heterocycles. The number of ether oxygens (including phenoxy) is 2. The van der Waals surface area contributed by atoms with Crippen LogP contribution in [0.2, 0.25) is 0 Å². The molecule has 180 valence electrons. The fourth-order valence-corrected chi connectivity index (χ4v) is 5.10. The van der Waals surface area contributed by atoms with Crippen LogP contribution < -0.4 is 20.3 Å². The van der Waals surface area contributed by atoms with Gasteiger partial charge in [0.05, 0.1) is 49.9 Å². The molecule has 0 spiro atoms.